The molecule has 0 aromatic carbocycles. The Labute approximate surface area is 97.7 Å². The molecule has 0 saturated heterocycles. The molecule has 0 aliphatic rings. The van der Waals surface area contributed by atoms with Crippen LogP contribution in [0, 0.1) is 0 Å². The second-order valence-corrected chi connectivity index (χ2v) is 3.81. The van der Waals surface area contributed by atoms with Crippen LogP contribution in [0.25, 0.3) is 0 Å². The molecular formula is C11H24N2O3. The van der Waals surface area contributed by atoms with E-state index in [2.05, 4.69) is 5.32 Å². The summed E-state index contributed by atoms with van der Waals surface area (Å²) in [7, 11) is 1.63. The second-order valence-electron chi connectivity index (χ2n) is 3.81. The summed E-state index contributed by atoms with van der Waals surface area (Å²) in [6.45, 7) is 5.63. The van der Waals surface area contributed by atoms with Gasteiger partial charge in [-0.05, 0) is 26.7 Å². The highest BCUT2D eigenvalue weighted by Crippen LogP contribution is 1.96. The SMILES string of the molecule is CCOCC(C)NC(=O)C(N)CCCOC. The van der Waals surface area contributed by atoms with Gasteiger partial charge in [0.25, 0.3) is 0 Å². The molecule has 0 aromatic rings. The topological polar surface area (TPSA) is 73.6 Å². The van der Waals surface area contributed by atoms with E-state index in [1.165, 1.54) is 0 Å². The molecule has 2 atom stereocenters. The number of carbonyl (C=O) groups excluding carboxylic acids is 1. The zero-order valence-electron chi connectivity index (χ0n) is 10.5. The highest BCUT2D eigenvalue weighted by Gasteiger charge is 2.15. The minimum Gasteiger partial charge on any atom is -0.385 e. The van der Waals surface area contributed by atoms with Gasteiger partial charge in [0.05, 0.1) is 12.6 Å². The first-order valence-electron chi connectivity index (χ1n) is 5.74. The van der Waals surface area contributed by atoms with Crippen molar-refractivity contribution < 1.29 is 14.3 Å². The summed E-state index contributed by atoms with van der Waals surface area (Å²) in [5.41, 5.74) is 5.73. The number of methoxy groups -OCH3 is 1. The smallest absolute Gasteiger partial charge is 0.237 e. The molecule has 96 valence electrons. The summed E-state index contributed by atoms with van der Waals surface area (Å²) < 4.78 is 10.1. The Hall–Kier alpha value is -0.650. The molecule has 0 heterocycles. The van der Waals surface area contributed by atoms with E-state index in [9.17, 15) is 4.79 Å². The Balaban J connectivity index is 3.68. The molecule has 0 radical (unpaired) electrons. The van der Waals surface area contributed by atoms with Gasteiger partial charge < -0.3 is 20.5 Å². The number of nitrogens with two attached hydrogens (primary N) is 1. The summed E-state index contributed by atoms with van der Waals surface area (Å²) in [5.74, 6) is -0.122. The molecule has 0 aromatic heterocycles. The van der Waals surface area contributed by atoms with Gasteiger partial charge >= 0.3 is 0 Å². The normalized spacial score (nSPS) is 14.5. The van der Waals surface area contributed by atoms with Crippen molar-refractivity contribution in [2.45, 2.75) is 38.8 Å². The molecule has 3 N–H and O–H groups in total. The minimum absolute atomic E-state index is 0.000857. The van der Waals surface area contributed by atoms with Crippen LogP contribution in [0.4, 0.5) is 0 Å². The minimum atomic E-state index is -0.459. The summed E-state index contributed by atoms with van der Waals surface area (Å²) >= 11 is 0. The van der Waals surface area contributed by atoms with Gasteiger partial charge in [-0.25, -0.2) is 0 Å². The molecule has 0 saturated carbocycles. The van der Waals surface area contributed by atoms with Crippen molar-refractivity contribution in [3.63, 3.8) is 0 Å². The maximum atomic E-state index is 11.6. The van der Waals surface area contributed by atoms with Crippen molar-refractivity contribution >= 4 is 5.91 Å². The highest BCUT2D eigenvalue weighted by atomic mass is 16.5. The van der Waals surface area contributed by atoms with Crippen molar-refractivity contribution in [2.24, 2.45) is 5.73 Å². The molecule has 16 heavy (non-hydrogen) atoms. The van der Waals surface area contributed by atoms with Crippen LogP contribution in [0.1, 0.15) is 26.7 Å². The van der Waals surface area contributed by atoms with Gasteiger partial charge in [0.1, 0.15) is 0 Å². The summed E-state index contributed by atoms with van der Waals surface area (Å²) in [6, 6.07) is -0.458. The average molecular weight is 232 g/mol. The number of rotatable bonds is 9. The summed E-state index contributed by atoms with van der Waals surface area (Å²) in [5, 5.41) is 2.81. The van der Waals surface area contributed by atoms with Crippen LogP contribution < -0.4 is 11.1 Å². The van der Waals surface area contributed by atoms with E-state index < -0.39 is 6.04 Å². The first kappa shape index (κ1) is 15.3. The van der Waals surface area contributed by atoms with Crippen LogP contribution in [0.2, 0.25) is 0 Å². The third-order valence-corrected chi connectivity index (χ3v) is 2.16. The summed E-state index contributed by atoms with van der Waals surface area (Å²) in [6.07, 6.45) is 1.44. The fraction of sp³-hybridized carbons (Fsp3) is 0.909. The lowest BCUT2D eigenvalue weighted by Gasteiger charge is -2.17. The molecule has 0 aliphatic carbocycles. The van der Waals surface area contributed by atoms with E-state index in [-0.39, 0.29) is 11.9 Å². The third kappa shape index (κ3) is 7.62. The first-order valence-corrected chi connectivity index (χ1v) is 5.74. The van der Waals surface area contributed by atoms with E-state index in [4.69, 9.17) is 15.2 Å². The van der Waals surface area contributed by atoms with Crippen molar-refractivity contribution in [1.29, 1.82) is 0 Å². The number of carbonyl (C=O) groups is 1. The number of amides is 1. The molecule has 5 heteroatoms. The fourth-order valence-corrected chi connectivity index (χ4v) is 1.26. The Morgan fingerprint density at radius 1 is 1.50 bits per heavy atom. The standard InChI is InChI=1S/C11H24N2O3/c1-4-16-8-9(2)13-11(14)10(12)6-5-7-15-3/h9-10H,4-8,12H2,1-3H3,(H,13,14). The third-order valence-electron chi connectivity index (χ3n) is 2.16. The molecule has 5 nitrogen and oxygen atoms in total. The van der Waals surface area contributed by atoms with E-state index >= 15 is 0 Å². The van der Waals surface area contributed by atoms with Crippen LogP contribution >= 0.6 is 0 Å². The van der Waals surface area contributed by atoms with Crippen LogP contribution in [0.15, 0.2) is 0 Å². The van der Waals surface area contributed by atoms with Gasteiger partial charge in [-0.2, -0.15) is 0 Å². The zero-order valence-corrected chi connectivity index (χ0v) is 10.5. The van der Waals surface area contributed by atoms with Crippen molar-refractivity contribution in [3.8, 4) is 0 Å². The maximum Gasteiger partial charge on any atom is 0.237 e. The highest BCUT2D eigenvalue weighted by molar-refractivity contribution is 5.81. The molecule has 0 spiro atoms. The van der Waals surface area contributed by atoms with E-state index in [0.29, 0.717) is 26.2 Å². The molecule has 0 rings (SSSR count). The predicted octanol–water partition coefficient (Wildman–Crippen LogP) is 0.282. The van der Waals surface area contributed by atoms with Gasteiger partial charge in [0.2, 0.25) is 5.91 Å². The van der Waals surface area contributed by atoms with Crippen molar-refractivity contribution in [1.82, 2.24) is 5.32 Å². The molecule has 2 unspecified atom stereocenters. The predicted molar refractivity (Wildman–Crippen MR) is 63.2 cm³/mol. The largest absolute Gasteiger partial charge is 0.385 e. The molecule has 1 amide bonds. The number of hydrogen-bond donors (Lipinski definition) is 2. The van der Waals surface area contributed by atoms with E-state index in [0.717, 1.165) is 6.42 Å². The van der Waals surface area contributed by atoms with Gasteiger partial charge in [0.15, 0.2) is 0 Å². The molecular weight excluding hydrogens is 208 g/mol. The van der Waals surface area contributed by atoms with Crippen LogP contribution in [-0.4, -0.2) is 44.9 Å². The zero-order chi connectivity index (χ0) is 12.4. The first-order chi connectivity index (χ1) is 7.61. The average Bonchev–Trinajstić information content (AvgIpc) is 2.26. The second kappa shape index (κ2) is 9.57. The monoisotopic (exact) mass is 232 g/mol. The maximum absolute atomic E-state index is 11.6. The lowest BCUT2D eigenvalue weighted by atomic mass is 10.1. The lowest BCUT2D eigenvalue weighted by molar-refractivity contribution is -0.123. The lowest BCUT2D eigenvalue weighted by Crippen LogP contribution is -2.45. The Bertz CT molecular complexity index is 188. The molecule has 0 bridgehead atoms. The van der Waals surface area contributed by atoms with Crippen LogP contribution in [0.5, 0.6) is 0 Å². The van der Waals surface area contributed by atoms with Crippen LogP contribution in [0.3, 0.4) is 0 Å². The summed E-state index contributed by atoms with van der Waals surface area (Å²) in [4.78, 5) is 11.6. The van der Waals surface area contributed by atoms with Gasteiger partial charge in [-0.1, -0.05) is 0 Å². The van der Waals surface area contributed by atoms with E-state index in [1.807, 2.05) is 13.8 Å². The molecule has 0 aliphatic heterocycles. The number of hydrogen-bond acceptors (Lipinski definition) is 4. The van der Waals surface area contributed by atoms with Crippen molar-refractivity contribution in [3.05, 3.63) is 0 Å². The molecule has 0 fully saturated rings. The Morgan fingerprint density at radius 3 is 2.75 bits per heavy atom. The van der Waals surface area contributed by atoms with Crippen molar-refractivity contribution in [2.75, 3.05) is 26.9 Å². The number of ether oxygens (including phenoxy) is 2. The van der Waals surface area contributed by atoms with Crippen LogP contribution in [-0.2, 0) is 14.3 Å². The van der Waals surface area contributed by atoms with Gasteiger partial charge in [0, 0.05) is 26.4 Å². The van der Waals surface area contributed by atoms with E-state index in [1.54, 1.807) is 7.11 Å². The van der Waals surface area contributed by atoms with Gasteiger partial charge in [-0.3, -0.25) is 4.79 Å². The Kier molecular flexibility index (Phi) is 9.18. The van der Waals surface area contributed by atoms with Gasteiger partial charge in [-0.15, -0.1) is 0 Å². The Morgan fingerprint density at radius 2 is 2.19 bits per heavy atom. The quantitative estimate of drug-likeness (QED) is 0.560. The number of nitrogens with one attached hydrogen (secondary N) is 1. The fourth-order valence-electron chi connectivity index (χ4n) is 1.26.